The van der Waals surface area contributed by atoms with E-state index in [1.165, 1.54) is 25.7 Å². The molecule has 2 heterocycles. The molecule has 1 aliphatic carbocycles. The van der Waals surface area contributed by atoms with Gasteiger partial charge in [-0.05, 0) is 43.2 Å². The molecule has 1 atom stereocenters. The molecule has 1 aromatic rings. The third-order valence-electron chi connectivity index (χ3n) is 6.62. The Morgan fingerprint density at radius 1 is 1.07 bits per heavy atom. The summed E-state index contributed by atoms with van der Waals surface area (Å²) in [4.78, 5) is 29.7. The Bertz CT molecular complexity index is 744. The first-order valence-corrected chi connectivity index (χ1v) is 11.0. The highest BCUT2D eigenvalue weighted by molar-refractivity contribution is 5.80. The third-order valence-corrected chi connectivity index (χ3v) is 6.62. The number of para-hydroxylation sites is 1. The number of hydrogen-bond acceptors (Lipinski definition) is 4. The van der Waals surface area contributed by atoms with Crippen molar-refractivity contribution in [3.05, 3.63) is 23.8 Å². The van der Waals surface area contributed by atoms with Gasteiger partial charge in [0.2, 0.25) is 11.8 Å². The van der Waals surface area contributed by atoms with Crippen LogP contribution in [0.5, 0.6) is 11.5 Å². The van der Waals surface area contributed by atoms with Crippen molar-refractivity contribution in [1.82, 2.24) is 9.80 Å². The standard InChI is InChI=1S/C23H32N2O4/c1-28-20-9-4-8-18-15-19(16-29-22(18)20)23(27)25-11-5-10-24(12-13-25)21(26)14-17-6-2-3-7-17/h4,8-9,17,19H,2-3,5-7,10-16H2,1H3. The highest BCUT2D eigenvalue weighted by Crippen LogP contribution is 2.36. The first kappa shape index (κ1) is 20.0. The largest absolute Gasteiger partial charge is 0.493 e. The molecule has 6 heteroatoms. The van der Waals surface area contributed by atoms with Gasteiger partial charge in [0.05, 0.1) is 13.0 Å². The van der Waals surface area contributed by atoms with Gasteiger partial charge in [0.15, 0.2) is 11.5 Å². The van der Waals surface area contributed by atoms with Gasteiger partial charge in [0.25, 0.3) is 0 Å². The molecule has 0 aromatic heterocycles. The van der Waals surface area contributed by atoms with Crippen LogP contribution in [0.3, 0.4) is 0 Å². The van der Waals surface area contributed by atoms with Crippen LogP contribution in [-0.4, -0.2) is 61.5 Å². The number of ether oxygens (including phenoxy) is 2. The Hall–Kier alpha value is -2.24. The van der Waals surface area contributed by atoms with Crippen LogP contribution in [0.15, 0.2) is 18.2 Å². The predicted octanol–water partition coefficient (Wildman–Crippen LogP) is 2.89. The second-order valence-electron chi connectivity index (χ2n) is 8.57. The number of benzene rings is 1. The normalized spacial score (nSPS) is 22.6. The molecule has 2 aliphatic heterocycles. The summed E-state index contributed by atoms with van der Waals surface area (Å²) in [6, 6.07) is 5.82. The van der Waals surface area contributed by atoms with E-state index in [2.05, 4.69) is 0 Å². The maximum atomic E-state index is 13.1. The van der Waals surface area contributed by atoms with E-state index in [4.69, 9.17) is 9.47 Å². The lowest BCUT2D eigenvalue weighted by Gasteiger charge is -2.30. The number of rotatable bonds is 4. The van der Waals surface area contributed by atoms with E-state index in [9.17, 15) is 9.59 Å². The minimum absolute atomic E-state index is 0.142. The third kappa shape index (κ3) is 4.51. The van der Waals surface area contributed by atoms with Crippen molar-refractivity contribution in [2.45, 2.75) is 44.9 Å². The van der Waals surface area contributed by atoms with Crippen LogP contribution < -0.4 is 9.47 Å². The summed E-state index contributed by atoms with van der Waals surface area (Å²) in [6.07, 6.45) is 7.11. The van der Waals surface area contributed by atoms with Gasteiger partial charge in [-0.25, -0.2) is 0 Å². The highest BCUT2D eigenvalue weighted by atomic mass is 16.5. The summed E-state index contributed by atoms with van der Waals surface area (Å²) in [5.41, 5.74) is 1.03. The predicted molar refractivity (Wildman–Crippen MR) is 110 cm³/mol. The van der Waals surface area contributed by atoms with Crippen LogP contribution in [0.1, 0.15) is 44.1 Å². The maximum Gasteiger partial charge on any atom is 0.229 e. The molecule has 3 aliphatic rings. The second-order valence-corrected chi connectivity index (χ2v) is 8.57. The van der Waals surface area contributed by atoms with Crippen molar-refractivity contribution < 1.29 is 19.1 Å². The highest BCUT2D eigenvalue weighted by Gasteiger charge is 2.32. The van der Waals surface area contributed by atoms with Crippen molar-refractivity contribution in [2.75, 3.05) is 39.9 Å². The smallest absolute Gasteiger partial charge is 0.229 e. The number of methoxy groups -OCH3 is 1. The number of carbonyl (C=O) groups is 2. The van der Waals surface area contributed by atoms with E-state index in [1.807, 2.05) is 28.0 Å². The Kier molecular flexibility index (Phi) is 6.26. The van der Waals surface area contributed by atoms with Gasteiger partial charge in [0, 0.05) is 32.6 Å². The van der Waals surface area contributed by atoms with E-state index < -0.39 is 0 Å². The van der Waals surface area contributed by atoms with Crippen LogP contribution in [0, 0.1) is 11.8 Å². The Morgan fingerprint density at radius 3 is 2.62 bits per heavy atom. The van der Waals surface area contributed by atoms with Crippen molar-refractivity contribution in [3.8, 4) is 11.5 Å². The fourth-order valence-corrected chi connectivity index (χ4v) is 4.95. The molecule has 0 spiro atoms. The summed E-state index contributed by atoms with van der Waals surface area (Å²) < 4.78 is 11.3. The molecule has 158 valence electrons. The van der Waals surface area contributed by atoms with Crippen molar-refractivity contribution in [1.29, 1.82) is 0 Å². The fourth-order valence-electron chi connectivity index (χ4n) is 4.95. The van der Waals surface area contributed by atoms with E-state index in [0.29, 0.717) is 45.0 Å². The molecule has 1 saturated heterocycles. The average molecular weight is 401 g/mol. The molecular formula is C23H32N2O4. The zero-order valence-corrected chi connectivity index (χ0v) is 17.4. The monoisotopic (exact) mass is 400 g/mol. The Balaban J connectivity index is 1.33. The van der Waals surface area contributed by atoms with Crippen LogP contribution in [0.2, 0.25) is 0 Å². The second kappa shape index (κ2) is 9.06. The zero-order valence-electron chi connectivity index (χ0n) is 17.4. The van der Waals surface area contributed by atoms with E-state index in [0.717, 1.165) is 30.0 Å². The van der Waals surface area contributed by atoms with Gasteiger partial charge < -0.3 is 19.3 Å². The van der Waals surface area contributed by atoms with Crippen LogP contribution >= 0.6 is 0 Å². The molecular weight excluding hydrogens is 368 g/mol. The molecule has 29 heavy (non-hydrogen) atoms. The quantitative estimate of drug-likeness (QED) is 0.780. The van der Waals surface area contributed by atoms with Crippen molar-refractivity contribution in [3.63, 3.8) is 0 Å². The van der Waals surface area contributed by atoms with Gasteiger partial charge in [0.1, 0.15) is 6.61 Å². The first-order valence-electron chi connectivity index (χ1n) is 11.0. The number of carbonyl (C=O) groups excluding carboxylic acids is 2. The fraction of sp³-hybridized carbons (Fsp3) is 0.652. The number of fused-ring (bicyclic) bond motifs is 1. The molecule has 1 saturated carbocycles. The molecule has 2 amide bonds. The average Bonchev–Trinajstić information content (AvgIpc) is 3.13. The molecule has 6 nitrogen and oxygen atoms in total. The maximum absolute atomic E-state index is 13.1. The summed E-state index contributed by atoms with van der Waals surface area (Å²) in [5.74, 6) is 2.30. The van der Waals surface area contributed by atoms with Gasteiger partial charge in [-0.15, -0.1) is 0 Å². The number of amides is 2. The molecule has 0 N–H and O–H groups in total. The van der Waals surface area contributed by atoms with E-state index >= 15 is 0 Å². The van der Waals surface area contributed by atoms with Crippen LogP contribution in [0.25, 0.3) is 0 Å². The minimum atomic E-state index is -0.171. The van der Waals surface area contributed by atoms with E-state index in [-0.39, 0.29) is 17.7 Å². The molecule has 4 rings (SSSR count). The van der Waals surface area contributed by atoms with E-state index in [1.54, 1.807) is 7.11 Å². The van der Waals surface area contributed by atoms with Crippen LogP contribution in [0.4, 0.5) is 0 Å². The summed E-state index contributed by atoms with van der Waals surface area (Å²) >= 11 is 0. The summed E-state index contributed by atoms with van der Waals surface area (Å²) in [6.45, 7) is 3.13. The zero-order chi connectivity index (χ0) is 20.2. The SMILES string of the molecule is COc1cccc2c1OCC(C(=O)N1CCCN(C(=O)CC3CCCC3)CC1)C2. The van der Waals surface area contributed by atoms with Gasteiger partial charge in [-0.2, -0.15) is 0 Å². The summed E-state index contributed by atoms with van der Waals surface area (Å²) in [5, 5.41) is 0. The van der Waals surface area contributed by atoms with Gasteiger partial charge >= 0.3 is 0 Å². The molecule has 1 unspecified atom stereocenters. The van der Waals surface area contributed by atoms with Crippen molar-refractivity contribution >= 4 is 11.8 Å². The lowest BCUT2D eigenvalue weighted by molar-refractivity contribution is -0.137. The Labute approximate surface area is 173 Å². The molecule has 1 aromatic carbocycles. The summed E-state index contributed by atoms with van der Waals surface area (Å²) in [7, 11) is 1.63. The topological polar surface area (TPSA) is 59.1 Å². The molecule has 0 bridgehead atoms. The molecule has 0 radical (unpaired) electrons. The first-order chi connectivity index (χ1) is 14.2. The molecule has 2 fully saturated rings. The lowest BCUT2D eigenvalue weighted by Crippen LogP contribution is -2.43. The number of hydrogen-bond donors (Lipinski definition) is 0. The van der Waals surface area contributed by atoms with Gasteiger partial charge in [-0.1, -0.05) is 25.0 Å². The van der Waals surface area contributed by atoms with Crippen molar-refractivity contribution in [2.24, 2.45) is 11.8 Å². The Morgan fingerprint density at radius 2 is 1.83 bits per heavy atom. The minimum Gasteiger partial charge on any atom is -0.493 e. The number of nitrogens with zero attached hydrogens (tertiary/aromatic N) is 2. The van der Waals surface area contributed by atoms with Crippen LogP contribution in [-0.2, 0) is 16.0 Å². The van der Waals surface area contributed by atoms with Gasteiger partial charge in [-0.3, -0.25) is 9.59 Å². The lowest BCUT2D eigenvalue weighted by atomic mass is 9.95.